The van der Waals surface area contributed by atoms with E-state index in [1.54, 1.807) is 22.6 Å². The number of thioether (sulfide) groups is 1. The van der Waals surface area contributed by atoms with Gasteiger partial charge in [0.05, 0.1) is 12.8 Å². The highest BCUT2D eigenvalue weighted by molar-refractivity contribution is 7.99. The van der Waals surface area contributed by atoms with E-state index >= 15 is 0 Å². The third kappa shape index (κ3) is 4.87. The van der Waals surface area contributed by atoms with Crippen LogP contribution in [0.1, 0.15) is 27.7 Å². The van der Waals surface area contributed by atoms with Crippen molar-refractivity contribution in [2.45, 2.75) is 44.2 Å². The third-order valence-electron chi connectivity index (χ3n) is 2.54. The zero-order valence-corrected chi connectivity index (χ0v) is 13.1. The van der Waals surface area contributed by atoms with Crippen molar-refractivity contribution in [3.05, 3.63) is 12.4 Å². The minimum atomic E-state index is -0.690. The lowest BCUT2D eigenvalue weighted by Gasteiger charge is -2.30. The van der Waals surface area contributed by atoms with Crippen LogP contribution in [-0.4, -0.2) is 39.7 Å². The Bertz CT molecular complexity index is 420. The number of aromatic nitrogens is 2. The van der Waals surface area contributed by atoms with Crippen LogP contribution in [0.2, 0.25) is 0 Å². The Labute approximate surface area is 119 Å². The molecule has 0 aliphatic carbocycles. The molecule has 0 spiro atoms. The Kier molecular flexibility index (Phi) is 5.87. The van der Waals surface area contributed by atoms with E-state index in [4.69, 9.17) is 4.74 Å². The first-order valence-corrected chi connectivity index (χ1v) is 7.42. The van der Waals surface area contributed by atoms with Crippen LogP contribution >= 0.6 is 11.8 Å². The van der Waals surface area contributed by atoms with Crippen molar-refractivity contribution < 1.29 is 9.53 Å². The standard InChI is InChI=1S/C13H23N3O2S/c1-6-18-12(17)13(4,15-10(2)3)9-19-11-7-14-16(5)8-11/h7-8,10,15H,6,9H2,1-5H3. The molecule has 0 amide bonds. The summed E-state index contributed by atoms with van der Waals surface area (Å²) in [5.74, 6) is 0.399. The van der Waals surface area contributed by atoms with Crippen molar-refractivity contribution in [2.24, 2.45) is 7.05 Å². The van der Waals surface area contributed by atoms with E-state index in [-0.39, 0.29) is 12.0 Å². The Morgan fingerprint density at radius 1 is 1.63 bits per heavy atom. The van der Waals surface area contributed by atoms with Crippen LogP contribution in [0.25, 0.3) is 0 Å². The second kappa shape index (κ2) is 6.96. The SMILES string of the molecule is CCOC(=O)C(C)(CSc1cnn(C)c1)NC(C)C. The summed E-state index contributed by atoms with van der Waals surface area (Å²) < 4.78 is 6.92. The second-order valence-corrected chi connectivity index (χ2v) is 6.04. The smallest absolute Gasteiger partial charge is 0.326 e. The predicted octanol–water partition coefficient (Wildman–Crippen LogP) is 1.83. The van der Waals surface area contributed by atoms with Gasteiger partial charge in [0, 0.05) is 29.9 Å². The third-order valence-corrected chi connectivity index (χ3v) is 3.81. The van der Waals surface area contributed by atoms with Gasteiger partial charge < -0.3 is 4.74 Å². The molecule has 6 heteroatoms. The van der Waals surface area contributed by atoms with Gasteiger partial charge in [-0.3, -0.25) is 14.8 Å². The highest BCUT2D eigenvalue weighted by atomic mass is 32.2. The number of carbonyl (C=O) groups is 1. The van der Waals surface area contributed by atoms with Gasteiger partial charge in [0.25, 0.3) is 0 Å². The molecule has 0 aromatic carbocycles. The van der Waals surface area contributed by atoms with Gasteiger partial charge in [-0.05, 0) is 27.7 Å². The Morgan fingerprint density at radius 2 is 2.32 bits per heavy atom. The van der Waals surface area contributed by atoms with Crippen LogP contribution < -0.4 is 5.32 Å². The van der Waals surface area contributed by atoms with Crippen LogP contribution in [0.4, 0.5) is 0 Å². The Morgan fingerprint density at radius 3 is 2.79 bits per heavy atom. The topological polar surface area (TPSA) is 56.1 Å². The molecule has 0 saturated carbocycles. The van der Waals surface area contributed by atoms with E-state index in [0.717, 1.165) is 4.90 Å². The van der Waals surface area contributed by atoms with Crippen LogP contribution in [0.15, 0.2) is 17.3 Å². The maximum Gasteiger partial charge on any atom is 0.326 e. The van der Waals surface area contributed by atoms with E-state index in [1.807, 2.05) is 40.9 Å². The van der Waals surface area contributed by atoms with Crippen LogP contribution in [0, 0.1) is 0 Å². The molecule has 108 valence electrons. The summed E-state index contributed by atoms with van der Waals surface area (Å²) in [7, 11) is 1.88. The molecule has 19 heavy (non-hydrogen) atoms. The van der Waals surface area contributed by atoms with Crippen molar-refractivity contribution >= 4 is 17.7 Å². The van der Waals surface area contributed by atoms with E-state index in [1.165, 1.54) is 0 Å². The first kappa shape index (κ1) is 16.0. The van der Waals surface area contributed by atoms with E-state index in [0.29, 0.717) is 12.4 Å². The summed E-state index contributed by atoms with van der Waals surface area (Å²) >= 11 is 1.60. The lowest BCUT2D eigenvalue weighted by molar-refractivity contribution is -0.149. The van der Waals surface area contributed by atoms with E-state index in [2.05, 4.69) is 10.4 Å². The second-order valence-electron chi connectivity index (χ2n) is 4.99. The number of hydrogen-bond donors (Lipinski definition) is 1. The van der Waals surface area contributed by atoms with Gasteiger partial charge in [0.1, 0.15) is 5.54 Å². The van der Waals surface area contributed by atoms with Crippen molar-refractivity contribution in [1.82, 2.24) is 15.1 Å². The maximum absolute atomic E-state index is 12.1. The fourth-order valence-corrected chi connectivity index (χ4v) is 2.79. The molecule has 0 bridgehead atoms. The Balaban J connectivity index is 2.70. The van der Waals surface area contributed by atoms with Gasteiger partial charge in [-0.25, -0.2) is 0 Å². The van der Waals surface area contributed by atoms with Crippen molar-refractivity contribution in [1.29, 1.82) is 0 Å². The van der Waals surface area contributed by atoms with Gasteiger partial charge in [0.15, 0.2) is 0 Å². The molecule has 0 saturated heterocycles. The van der Waals surface area contributed by atoms with E-state index in [9.17, 15) is 4.79 Å². The first-order chi connectivity index (χ1) is 8.87. The molecule has 1 unspecified atom stereocenters. The van der Waals surface area contributed by atoms with E-state index < -0.39 is 5.54 Å². The number of rotatable bonds is 7. The molecule has 0 fully saturated rings. The maximum atomic E-state index is 12.1. The monoisotopic (exact) mass is 285 g/mol. The molecule has 1 N–H and O–H groups in total. The summed E-state index contributed by atoms with van der Waals surface area (Å²) in [6.45, 7) is 8.14. The molecule has 0 aliphatic heterocycles. The molecular weight excluding hydrogens is 262 g/mol. The molecule has 1 heterocycles. The molecular formula is C13H23N3O2S. The highest BCUT2D eigenvalue weighted by Gasteiger charge is 2.35. The van der Waals surface area contributed by atoms with Crippen molar-refractivity contribution in [3.63, 3.8) is 0 Å². The van der Waals surface area contributed by atoms with Gasteiger partial charge in [-0.2, -0.15) is 5.10 Å². The summed E-state index contributed by atoms with van der Waals surface area (Å²) in [6, 6.07) is 0.212. The van der Waals surface area contributed by atoms with Crippen LogP contribution in [0.5, 0.6) is 0 Å². The normalized spacial score (nSPS) is 14.4. The number of nitrogens with zero attached hydrogens (tertiary/aromatic N) is 2. The summed E-state index contributed by atoms with van der Waals surface area (Å²) in [4.78, 5) is 13.2. The first-order valence-electron chi connectivity index (χ1n) is 6.43. The molecule has 0 aliphatic rings. The summed E-state index contributed by atoms with van der Waals surface area (Å²) in [5, 5.41) is 7.41. The Hall–Kier alpha value is -1.01. The minimum absolute atomic E-state index is 0.208. The summed E-state index contributed by atoms with van der Waals surface area (Å²) in [5.41, 5.74) is -0.690. The predicted molar refractivity (Wildman–Crippen MR) is 77.2 cm³/mol. The largest absolute Gasteiger partial charge is 0.465 e. The lowest BCUT2D eigenvalue weighted by atomic mass is 10.0. The highest BCUT2D eigenvalue weighted by Crippen LogP contribution is 2.23. The van der Waals surface area contributed by atoms with Gasteiger partial charge >= 0.3 is 5.97 Å². The average Bonchev–Trinajstić information content (AvgIpc) is 2.72. The van der Waals surface area contributed by atoms with Gasteiger partial charge in [-0.1, -0.05) is 0 Å². The molecule has 1 aromatic rings. The number of hydrogen-bond acceptors (Lipinski definition) is 5. The van der Waals surface area contributed by atoms with Crippen LogP contribution in [0.3, 0.4) is 0 Å². The number of aryl methyl sites for hydroxylation is 1. The fraction of sp³-hybridized carbons (Fsp3) is 0.692. The number of nitrogens with one attached hydrogen (secondary N) is 1. The lowest BCUT2D eigenvalue weighted by Crippen LogP contribution is -2.55. The number of carbonyl (C=O) groups excluding carboxylic acids is 1. The molecule has 1 rings (SSSR count). The zero-order valence-electron chi connectivity index (χ0n) is 12.3. The minimum Gasteiger partial charge on any atom is -0.465 e. The quantitative estimate of drug-likeness (QED) is 0.612. The summed E-state index contributed by atoms with van der Waals surface area (Å²) in [6.07, 6.45) is 3.73. The fourth-order valence-electron chi connectivity index (χ4n) is 1.79. The van der Waals surface area contributed by atoms with Crippen molar-refractivity contribution in [3.8, 4) is 0 Å². The average molecular weight is 285 g/mol. The van der Waals surface area contributed by atoms with Gasteiger partial charge in [-0.15, -0.1) is 11.8 Å². The van der Waals surface area contributed by atoms with Crippen LogP contribution in [-0.2, 0) is 16.6 Å². The number of ether oxygens (including phenoxy) is 1. The number of esters is 1. The zero-order chi connectivity index (χ0) is 14.5. The molecule has 5 nitrogen and oxygen atoms in total. The molecule has 1 atom stereocenters. The van der Waals surface area contributed by atoms with Crippen molar-refractivity contribution in [2.75, 3.05) is 12.4 Å². The molecule has 1 aromatic heterocycles. The molecule has 0 radical (unpaired) electrons. The van der Waals surface area contributed by atoms with Gasteiger partial charge in [0.2, 0.25) is 0 Å².